The van der Waals surface area contributed by atoms with Gasteiger partial charge in [0.15, 0.2) is 18.1 Å². The van der Waals surface area contributed by atoms with Crippen LogP contribution in [-0.4, -0.2) is 26.8 Å². The molecule has 4 nitrogen and oxygen atoms in total. The lowest BCUT2D eigenvalue weighted by atomic mass is 10.3. The van der Waals surface area contributed by atoms with Crippen LogP contribution < -0.4 is 9.47 Å². The smallest absolute Gasteiger partial charge is 0.343 e. The Morgan fingerprint density at radius 1 is 1.31 bits per heavy atom. The van der Waals surface area contributed by atoms with Crippen LogP contribution in [-0.2, 0) is 9.53 Å². The summed E-state index contributed by atoms with van der Waals surface area (Å²) < 4.78 is 17.0. The second-order valence-electron chi connectivity index (χ2n) is 2.78. The van der Waals surface area contributed by atoms with Gasteiger partial charge in [0.25, 0.3) is 0 Å². The normalized spacial score (nSPS) is 9.75. The Balaban J connectivity index is 2.89. The predicted octanol–water partition coefficient (Wildman–Crippen LogP) is 2.46. The summed E-state index contributed by atoms with van der Waals surface area (Å²) in [4.78, 5) is 11.0. The van der Waals surface area contributed by atoms with Crippen molar-refractivity contribution in [3.63, 3.8) is 0 Å². The van der Waals surface area contributed by atoms with Crippen LogP contribution in [0.3, 0.4) is 0 Å². The van der Waals surface area contributed by atoms with E-state index >= 15 is 0 Å². The van der Waals surface area contributed by atoms with Crippen molar-refractivity contribution in [2.24, 2.45) is 0 Å². The van der Waals surface area contributed by atoms with Gasteiger partial charge < -0.3 is 14.2 Å². The van der Waals surface area contributed by atoms with Gasteiger partial charge in [-0.15, -0.1) is 0 Å². The minimum absolute atomic E-state index is 0.122. The van der Waals surface area contributed by atoms with Crippen molar-refractivity contribution >= 4 is 51.2 Å². The number of ether oxygens (including phenoxy) is 3. The molecule has 0 unspecified atom stereocenters. The van der Waals surface area contributed by atoms with E-state index in [4.69, 9.17) is 9.47 Å². The van der Waals surface area contributed by atoms with E-state index in [0.717, 1.165) is 7.14 Å². The van der Waals surface area contributed by atoms with E-state index in [0.29, 0.717) is 11.5 Å². The highest BCUT2D eigenvalue weighted by atomic mass is 127. The van der Waals surface area contributed by atoms with Crippen LogP contribution in [0.5, 0.6) is 11.5 Å². The zero-order chi connectivity index (χ0) is 12.1. The number of hydrogen-bond donors (Lipinski definition) is 0. The molecule has 0 saturated carbocycles. The van der Waals surface area contributed by atoms with Gasteiger partial charge >= 0.3 is 5.97 Å². The van der Waals surface area contributed by atoms with Gasteiger partial charge in [0, 0.05) is 3.57 Å². The number of methoxy groups -OCH3 is 2. The first kappa shape index (κ1) is 13.8. The molecule has 1 aromatic carbocycles. The molecule has 0 atom stereocenters. The monoisotopic (exact) mass is 448 g/mol. The summed E-state index contributed by atoms with van der Waals surface area (Å²) >= 11 is 4.32. The predicted molar refractivity (Wildman–Crippen MR) is 75.9 cm³/mol. The van der Waals surface area contributed by atoms with Crippen molar-refractivity contribution in [1.29, 1.82) is 0 Å². The van der Waals surface area contributed by atoms with Gasteiger partial charge in [-0.05, 0) is 57.3 Å². The summed E-state index contributed by atoms with van der Waals surface area (Å²) in [6, 6.07) is 3.78. The Bertz CT molecular complexity index is 393. The molecule has 6 heteroatoms. The molecule has 0 aromatic heterocycles. The topological polar surface area (TPSA) is 44.8 Å². The Morgan fingerprint density at radius 2 is 2.00 bits per heavy atom. The molecule has 0 fully saturated rings. The number of halogens is 2. The van der Waals surface area contributed by atoms with Crippen LogP contribution in [0.4, 0.5) is 0 Å². The number of carbonyl (C=O) groups is 1. The average molecular weight is 448 g/mol. The van der Waals surface area contributed by atoms with Crippen molar-refractivity contribution in [3.05, 3.63) is 19.3 Å². The van der Waals surface area contributed by atoms with Crippen LogP contribution in [0.1, 0.15) is 0 Å². The van der Waals surface area contributed by atoms with Crippen LogP contribution in [0.15, 0.2) is 12.1 Å². The van der Waals surface area contributed by atoms with Crippen molar-refractivity contribution in [1.82, 2.24) is 0 Å². The fourth-order valence-electron chi connectivity index (χ4n) is 1.02. The minimum Gasteiger partial charge on any atom is -0.493 e. The van der Waals surface area contributed by atoms with Gasteiger partial charge in [0.05, 0.1) is 17.8 Å². The molecule has 1 rings (SSSR count). The third-order valence-corrected chi connectivity index (χ3v) is 3.18. The van der Waals surface area contributed by atoms with Crippen molar-refractivity contribution in [2.45, 2.75) is 0 Å². The SMILES string of the molecule is COC(=O)COc1c(I)cc(I)cc1OC. The average Bonchev–Trinajstić information content (AvgIpc) is 2.26. The Labute approximate surface area is 121 Å². The molecule has 88 valence electrons. The third-order valence-electron chi connectivity index (χ3n) is 1.76. The fraction of sp³-hybridized carbons (Fsp3) is 0.300. The van der Waals surface area contributed by atoms with E-state index in [-0.39, 0.29) is 6.61 Å². The number of rotatable bonds is 4. The first-order valence-electron chi connectivity index (χ1n) is 4.31. The van der Waals surface area contributed by atoms with Gasteiger partial charge in [-0.2, -0.15) is 0 Å². The first-order chi connectivity index (χ1) is 7.58. The zero-order valence-electron chi connectivity index (χ0n) is 8.75. The largest absolute Gasteiger partial charge is 0.493 e. The number of hydrogen-bond acceptors (Lipinski definition) is 4. The van der Waals surface area contributed by atoms with Crippen LogP contribution in [0, 0.1) is 7.14 Å². The second-order valence-corrected chi connectivity index (χ2v) is 5.19. The van der Waals surface area contributed by atoms with Crippen LogP contribution in [0.25, 0.3) is 0 Å². The number of esters is 1. The van der Waals surface area contributed by atoms with Crippen LogP contribution in [0.2, 0.25) is 0 Å². The van der Waals surface area contributed by atoms with Gasteiger partial charge in [-0.25, -0.2) is 4.79 Å². The van der Waals surface area contributed by atoms with E-state index in [9.17, 15) is 4.79 Å². The maximum Gasteiger partial charge on any atom is 0.343 e. The molecule has 0 amide bonds. The molecule has 0 aliphatic heterocycles. The summed E-state index contributed by atoms with van der Waals surface area (Å²) in [5.41, 5.74) is 0. The van der Waals surface area contributed by atoms with E-state index in [1.54, 1.807) is 7.11 Å². The Morgan fingerprint density at radius 3 is 2.56 bits per heavy atom. The number of carbonyl (C=O) groups excluding carboxylic acids is 1. The highest BCUT2D eigenvalue weighted by molar-refractivity contribution is 14.1. The summed E-state index contributed by atoms with van der Waals surface area (Å²) in [7, 11) is 2.88. The van der Waals surface area contributed by atoms with Crippen LogP contribution >= 0.6 is 45.2 Å². The lowest BCUT2D eigenvalue weighted by Crippen LogP contribution is -2.13. The quantitative estimate of drug-likeness (QED) is 0.525. The molecule has 0 saturated heterocycles. The Hall–Kier alpha value is -0.250. The minimum atomic E-state index is -0.420. The molecule has 0 spiro atoms. The molecule has 1 aromatic rings. The maximum atomic E-state index is 11.0. The lowest BCUT2D eigenvalue weighted by molar-refractivity contribution is -0.142. The summed E-state index contributed by atoms with van der Waals surface area (Å²) in [5, 5.41) is 0. The van der Waals surface area contributed by atoms with E-state index < -0.39 is 5.97 Å². The van der Waals surface area contributed by atoms with Gasteiger partial charge in [-0.1, -0.05) is 0 Å². The van der Waals surface area contributed by atoms with Crippen molar-refractivity contribution in [3.8, 4) is 11.5 Å². The van der Waals surface area contributed by atoms with Gasteiger partial charge in [-0.3, -0.25) is 0 Å². The molecule has 16 heavy (non-hydrogen) atoms. The lowest BCUT2D eigenvalue weighted by Gasteiger charge is -2.12. The Kier molecular flexibility index (Phi) is 5.59. The molecule has 0 aliphatic carbocycles. The van der Waals surface area contributed by atoms with E-state index in [1.807, 2.05) is 12.1 Å². The molecular weight excluding hydrogens is 438 g/mol. The summed E-state index contributed by atoms with van der Waals surface area (Å²) in [6.45, 7) is -0.122. The molecule has 0 heterocycles. The molecule has 0 aliphatic rings. The zero-order valence-corrected chi connectivity index (χ0v) is 13.1. The van der Waals surface area contributed by atoms with Crippen molar-refractivity contribution < 1.29 is 19.0 Å². The molecule has 0 bridgehead atoms. The molecule has 0 radical (unpaired) electrons. The van der Waals surface area contributed by atoms with Crippen molar-refractivity contribution in [2.75, 3.05) is 20.8 Å². The fourth-order valence-corrected chi connectivity index (χ4v) is 2.97. The highest BCUT2D eigenvalue weighted by Crippen LogP contribution is 2.34. The first-order valence-corrected chi connectivity index (χ1v) is 6.47. The third kappa shape index (κ3) is 3.65. The number of benzene rings is 1. The van der Waals surface area contributed by atoms with E-state index in [2.05, 4.69) is 49.9 Å². The molecule has 0 N–H and O–H groups in total. The van der Waals surface area contributed by atoms with Gasteiger partial charge in [0.1, 0.15) is 0 Å². The highest BCUT2D eigenvalue weighted by Gasteiger charge is 2.12. The maximum absolute atomic E-state index is 11.0. The van der Waals surface area contributed by atoms with E-state index in [1.165, 1.54) is 7.11 Å². The summed E-state index contributed by atoms with van der Waals surface area (Å²) in [6.07, 6.45) is 0. The summed E-state index contributed by atoms with van der Waals surface area (Å²) in [5.74, 6) is 0.755. The van der Waals surface area contributed by atoms with Gasteiger partial charge in [0.2, 0.25) is 0 Å². The molecular formula is C10H10I2O4. The second kappa shape index (κ2) is 6.48. The standard InChI is InChI=1S/C10H10I2O4/c1-14-8-4-6(11)3-7(12)10(8)16-5-9(13)15-2/h3-4H,5H2,1-2H3.